The molecule has 1 spiro atoms. The fourth-order valence-electron chi connectivity index (χ4n) is 6.36. The Bertz CT molecular complexity index is 1020. The zero-order valence-corrected chi connectivity index (χ0v) is 20.4. The number of likely N-dealkylation sites (tertiary alicyclic amines) is 1. The standard InChI is InChI=1S/C25H31ClN2O6/c1-5-12-27(19-14(3)8-7-9-16(19)26)22(31)20-25-11-10-24(4,34-25)18(23(32)33)17(25)21(30)28(20)15(6-2)13-29/h5,7-9,15,17-18,20,29H,1,6,10-13H2,2-4H3,(H,32,33)/t15-,17-,18+,20?,24-,25?/m0/s1. The SMILES string of the molecule is C=CCN(C(=O)C1N([C@@H](CC)CO)C(=O)[C@@H]2[C@H](C(=O)O)[C@]3(C)CCC12O3)c1c(C)cccc1Cl. The smallest absolute Gasteiger partial charge is 0.310 e. The maximum atomic E-state index is 14.4. The van der Waals surface area contributed by atoms with E-state index in [2.05, 4.69) is 6.58 Å². The van der Waals surface area contributed by atoms with Gasteiger partial charge < -0.3 is 24.7 Å². The molecule has 184 valence electrons. The number of aliphatic hydroxyl groups is 1. The Morgan fingerprint density at radius 2 is 2.12 bits per heavy atom. The van der Waals surface area contributed by atoms with Crippen molar-refractivity contribution in [3.05, 3.63) is 41.4 Å². The van der Waals surface area contributed by atoms with Gasteiger partial charge in [0.15, 0.2) is 0 Å². The number of carbonyl (C=O) groups excluding carboxylic acids is 2. The van der Waals surface area contributed by atoms with Crippen molar-refractivity contribution in [3.8, 4) is 0 Å². The van der Waals surface area contributed by atoms with Crippen LogP contribution in [-0.4, -0.2) is 69.3 Å². The average molecular weight is 491 g/mol. The molecule has 2 unspecified atom stereocenters. The number of nitrogens with zero attached hydrogens (tertiary/aromatic N) is 2. The van der Waals surface area contributed by atoms with Crippen LogP contribution in [0, 0.1) is 18.8 Å². The first-order valence-electron chi connectivity index (χ1n) is 11.6. The highest BCUT2D eigenvalue weighted by atomic mass is 35.5. The van der Waals surface area contributed by atoms with Crippen LogP contribution in [0.1, 0.15) is 38.7 Å². The van der Waals surface area contributed by atoms with E-state index < -0.39 is 52.9 Å². The fraction of sp³-hybridized carbons (Fsp3) is 0.560. The molecule has 0 aliphatic carbocycles. The molecule has 1 aromatic carbocycles. The average Bonchev–Trinajstić information content (AvgIpc) is 3.35. The molecule has 0 radical (unpaired) electrons. The van der Waals surface area contributed by atoms with Gasteiger partial charge in [0.25, 0.3) is 5.91 Å². The third-order valence-electron chi connectivity index (χ3n) is 7.83. The van der Waals surface area contributed by atoms with Crippen molar-refractivity contribution in [1.29, 1.82) is 0 Å². The summed E-state index contributed by atoms with van der Waals surface area (Å²) in [6.07, 6.45) is 2.78. The maximum Gasteiger partial charge on any atom is 0.310 e. The monoisotopic (exact) mass is 490 g/mol. The van der Waals surface area contributed by atoms with Crippen LogP contribution in [-0.2, 0) is 19.1 Å². The van der Waals surface area contributed by atoms with Gasteiger partial charge in [-0.15, -0.1) is 6.58 Å². The largest absolute Gasteiger partial charge is 0.481 e. The lowest BCUT2D eigenvalue weighted by Gasteiger charge is -2.39. The Hall–Kier alpha value is -2.42. The topological polar surface area (TPSA) is 107 Å². The molecule has 3 fully saturated rings. The number of carboxylic acids is 1. The molecule has 9 heteroatoms. The number of amides is 2. The first kappa shape index (κ1) is 24.7. The van der Waals surface area contributed by atoms with Gasteiger partial charge in [-0.3, -0.25) is 14.4 Å². The van der Waals surface area contributed by atoms with Crippen molar-refractivity contribution in [3.63, 3.8) is 0 Å². The van der Waals surface area contributed by atoms with E-state index in [1.807, 2.05) is 19.9 Å². The molecular weight excluding hydrogens is 460 g/mol. The summed E-state index contributed by atoms with van der Waals surface area (Å²) in [5.74, 6) is -4.06. The van der Waals surface area contributed by atoms with E-state index in [1.165, 1.54) is 9.80 Å². The summed E-state index contributed by atoms with van der Waals surface area (Å²) in [7, 11) is 0. The number of halogens is 1. The number of hydrogen-bond donors (Lipinski definition) is 2. The molecule has 6 atom stereocenters. The fourth-order valence-corrected chi connectivity index (χ4v) is 6.68. The second kappa shape index (κ2) is 8.66. The first-order valence-corrected chi connectivity index (χ1v) is 12.0. The minimum Gasteiger partial charge on any atom is -0.481 e. The van der Waals surface area contributed by atoms with Crippen molar-refractivity contribution >= 4 is 35.1 Å². The van der Waals surface area contributed by atoms with E-state index in [0.717, 1.165) is 5.56 Å². The van der Waals surface area contributed by atoms with Gasteiger partial charge in [-0.05, 0) is 44.7 Å². The zero-order valence-electron chi connectivity index (χ0n) is 19.7. The number of carbonyl (C=O) groups is 3. The molecule has 3 aliphatic rings. The van der Waals surface area contributed by atoms with Crippen LogP contribution in [0.5, 0.6) is 0 Å². The van der Waals surface area contributed by atoms with Gasteiger partial charge in [-0.2, -0.15) is 0 Å². The second-order valence-electron chi connectivity index (χ2n) is 9.70. The van der Waals surface area contributed by atoms with Crippen molar-refractivity contribution in [2.75, 3.05) is 18.1 Å². The highest BCUT2D eigenvalue weighted by molar-refractivity contribution is 6.34. The van der Waals surface area contributed by atoms with Crippen LogP contribution in [0.2, 0.25) is 5.02 Å². The summed E-state index contributed by atoms with van der Waals surface area (Å²) >= 11 is 6.51. The molecule has 2 N–H and O–H groups in total. The van der Waals surface area contributed by atoms with E-state index in [9.17, 15) is 24.6 Å². The molecule has 34 heavy (non-hydrogen) atoms. The van der Waals surface area contributed by atoms with Crippen molar-refractivity contribution in [1.82, 2.24) is 4.90 Å². The van der Waals surface area contributed by atoms with Crippen LogP contribution in [0.4, 0.5) is 5.69 Å². The predicted molar refractivity (Wildman–Crippen MR) is 127 cm³/mol. The number of benzene rings is 1. The van der Waals surface area contributed by atoms with Gasteiger partial charge in [0, 0.05) is 6.54 Å². The Morgan fingerprint density at radius 3 is 2.68 bits per heavy atom. The molecule has 2 amide bonds. The van der Waals surface area contributed by atoms with Crippen LogP contribution < -0.4 is 4.90 Å². The molecular formula is C25H31ClN2O6. The first-order chi connectivity index (χ1) is 16.1. The Morgan fingerprint density at radius 1 is 1.41 bits per heavy atom. The van der Waals surface area contributed by atoms with Crippen LogP contribution in [0.3, 0.4) is 0 Å². The lowest BCUT2D eigenvalue weighted by atomic mass is 9.66. The van der Waals surface area contributed by atoms with Crippen LogP contribution in [0.15, 0.2) is 30.9 Å². The number of aliphatic hydroxyl groups excluding tert-OH is 1. The van der Waals surface area contributed by atoms with E-state index >= 15 is 0 Å². The molecule has 0 saturated carbocycles. The van der Waals surface area contributed by atoms with E-state index in [0.29, 0.717) is 30.0 Å². The number of aliphatic carboxylic acids is 1. The summed E-state index contributed by atoms with van der Waals surface area (Å²) in [6, 6.07) is 3.57. The highest BCUT2D eigenvalue weighted by Crippen LogP contribution is 2.63. The zero-order chi connectivity index (χ0) is 25.0. The van der Waals surface area contributed by atoms with Crippen molar-refractivity contribution < 1.29 is 29.3 Å². The Balaban J connectivity index is 1.89. The number of anilines is 1. The van der Waals surface area contributed by atoms with Crippen molar-refractivity contribution in [2.45, 2.75) is 63.3 Å². The molecule has 2 bridgehead atoms. The predicted octanol–water partition coefficient (Wildman–Crippen LogP) is 2.79. The number of fused-ring (bicyclic) bond motifs is 1. The summed E-state index contributed by atoms with van der Waals surface area (Å²) < 4.78 is 6.41. The van der Waals surface area contributed by atoms with E-state index in [4.69, 9.17) is 16.3 Å². The minimum atomic E-state index is -1.29. The number of para-hydroxylation sites is 1. The van der Waals surface area contributed by atoms with Crippen molar-refractivity contribution in [2.24, 2.45) is 11.8 Å². The Kier molecular flexibility index (Phi) is 6.29. The summed E-state index contributed by atoms with van der Waals surface area (Å²) in [6.45, 7) is 8.94. The molecule has 3 heterocycles. The number of aryl methyl sites for hydroxylation is 1. The molecule has 3 saturated heterocycles. The third-order valence-corrected chi connectivity index (χ3v) is 8.13. The lowest BCUT2D eigenvalue weighted by molar-refractivity contribution is -0.155. The molecule has 4 rings (SSSR count). The summed E-state index contributed by atoms with van der Waals surface area (Å²) in [5.41, 5.74) is -1.05. The number of carboxylic acid groups (broad SMARTS) is 1. The van der Waals surface area contributed by atoms with Gasteiger partial charge in [-0.1, -0.05) is 36.7 Å². The molecule has 8 nitrogen and oxygen atoms in total. The van der Waals surface area contributed by atoms with Crippen LogP contribution in [0.25, 0.3) is 0 Å². The van der Waals surface area contributed by atoms with Gasteiger partial charge in [0.2, 0.25) is 5.91 Å². The van der Waals surface area contributed by atoms with E-state index in [-0.39, 0.29) is 13.2 Å². The summed E-state index contributed by atoms with van der Waals surface area (Å²) in [4.78, 5) is 43.3. The lowest BCUT2D eigenvalue weighted by Crippen LogP contribution is -2.59. The normalized spacial score (nSPS) is 32.6. The third kappa shape index (κ3) is 3.30. The quantitative estimate of drug-likeness (QED) is 0.542. The molecule has 3 aliphatic heterocycles. The number of ether oxygens (including phenoxy) is 1. The van der Waals surface area contributed by atoms with Gasteiger partial charge >= 0.3 is 5.97 Å². The maximum absolute atomic E-state index is 14.4. The molecule has 0 aromatic heterocycles. The Labute approximate surface area is 204 Å². The minimum absolute atomic E-state index is 0.137. The number of rotatable bonds is 8. The van der Waals surface area contributed by atoms with Gasteiger partial charge in [0.1, 0.15) is 11.6 Å². The van der Waals surface area contributed by atoms with Gasteiger partial charge in [-0.25, -0.2) is 0 Å². The highest BCUT2D eigenvalue weighted by Gasteiger charge is 2.78. The van der Waals surface area contributed by atoms with Gasteiger partial charge in [0.05, 0.1) is 40.8 Å². The number of hydrogen-bond acceptors (Lipinski definition) is 5. The molecule has 1 aromatic rings. The van der Waals surface area contributed by atoms with E-state index in [1.54, 1.807) is 25.1 Å². The van der Waals surface area contributed by atoms with Crippen LogP contribution >= 0.6 is 11.6 Å². The second-order valence-corrected chi connectivity index (χ2v) is 10.1. The summed E-state index contributed by atoms with van der Waals surface area (Å²) in [5, 5.41) is 20.5.